The van der Waals surface area contributed by atoms with Crippen LogP contribution < -0.4 is 11.1 Å². The number of hydrogen-bond donors (Lipinski definition) is 2. The van der Waals surface area contributed by atoms with Crippen molar-refractivity contribution < 1.29 is 19.1 Å². The summed E-state index contributed by atoms with van der Waals surface area (Å²) < 4.78 is 5.10. The van der Waals surface area contributed by atoms with Crippen molar-refractivity contribution in [3.63, 3.8) is 0 Å². The number of ether oxygens (including phenoxy) is 1. The number of likely N-dealkylation sites (tertiary alicyclic amines) is 1. The van der Waals surface area contributed by atoms with Gasteiger partial charge in [-0.05, 0) is 31.6 Å². The van der Waals surface area contributed by atoms with Crippen molar-refractivity contribution >= 4 is 30.2 Å². The molecule has 0 unspecified atom stereocenters. The standard InChI is InChI=1S/C19H33N3O4.ClH/c1-2-11-26-17(23)13-21-15(12-14-7-4-3-5-8-14)19(25)22-10-6-9-16(22)18(20)24;/h14-16,21H,2-13H2,1H3,(H2,20,24);1H/t15-,16+;/m1./s1. The molecule has 7 nitrogen and oxygen atoms in total. The highest BCUT2D eigenvalue weighted by Crippen LogP contribution is 2.28. The molecule has 2 rings (SSSR count). The lowest BCUT2D eigenvalue weighted by Crippen LogP contribution is -2.53. The average Bonchev–Trinajstić information content (AvgIpc) is 3.13. The van der Waals surface area contributed by atoms with Crippen molar-refractivity contribution in [1.82, 2.24) is 10.2 Å². The molecule has 8 heteroatoms. The maximum Gasteiger partial charge on any atom is 0.319 e. The molecule has 1 heterocycles. The molecular formula is C19H34ClN3O4. The van der Waals surface area contributed by atoms with Gasteiger partial charge in [-0.1, -0.05) is 39.0 Å². The summed E-state index contributed by atoms with van der Waals surface area (Å²) >= 11 is 0. The molecule has 2 amide bonds. The quantitative estimate of drug-likeness (QED) is 0.571. The number of nitrogens with zero attached hydrogens (tertiary/aromatic N) is 1. The van der Waals surface area contributed by atoms with Crippen LogP contribution in [-0.4, -0.2) is 54.5 Å². The summed E-state index contributed by atoms with van der Waals surface area (Å²) in [6, 6.07) is -0.988. The van der Waals surface area contributed by atoms with Gasteiger partial charge in [0.2, 0.25) is 11.8 Å². The van der Waals surface area contributed by atoms with Gasteiger partial charge in [0.05, 0.1) is 19.2 Å². The second kappa shape index (κ2) is 12.2. The molecule has 0 aromatic rings. The van der Waals surface area contributed by atoms with Crippen molar-refractivity contribution in [3.05, 3.63) is 0 Å². The molecule has 27 heavy (non-hydrogen) atoms. The Morgan fingerprint density at radius 2 is 1.85 bits per heavy atom. The third-order valence-electron chi connectivity index (χ3n) is 5.42. The summed E-state index contributed by atoms with van der Waals surface area (Å²) in [5.74, 6) is -0.428. The number of carbonyl (C=O) groups excluding carboxylic acids is 3. The highest BCUT2D eigenvalue weighted by Gasteiger charge is 2.37. The minimum absolute atomic E-state index is 0. The highest BCUT2D eigenvalue weighted by atomic mass is 35.5. The average molecular weight is 404 g/mol. The zero-order valence-corrected chi connectivity index (χ0v) is 17.1. The Morgan fingerprint density at radius 3 is 2.48 bits per heavy atom. The van der Waals surface area contributed by atoms with Crippen molar-refractivity contribution in [2.45, 2.75) is 76.8 Å². The lowest BCUT2D eigenvalue weighted by atomic mass is 9.84. The molecule has 0 aromatic heterocycles. The maximum atomic E-state index is 13.1. The topological polar surface area (TPSA) is 102 Å². The largest absolute Gasteiger partial charge is 0.465 e. The molecule has 1 aliphatic heterocycles. The van der Waals surface area contributed by atoms with Crippen molar-refractivity contribution in [3.8, 4) is 0 Å². The van der Waals surface area contributed by atoms with Gasteiger partial charge in [-0.2, -0.15) is 0 Å². The molecule has 3 N–H and O–H groups in total. The number of amides is 2. The van der Waals surface area contributed by atoms with E-state index in [0.717, 1.165) is 25.7 Å². The smallest absolute Gasteiger partial charge is 0.319 e. The molecule has 0 radical (unpaired) electrons. The van der Waals surface area contributed by atoms with E-state index in [2.05, 4.69) is 5.32 Å². The lowest BCUT2D eigenvalue weighted by molar-refractivity contribution is -0.144. The van der Waals surface area contributed by atoms with Gasteiger partial charge in [0.1, 0.15) is 6.04 Å². The van der Waals surface area contributed by atoms with Gasteiger partial charge < -0.3 is 15.4 Å². The number of hydrogen-bond acceptors (Lipinski definition) is 5. The van der Waals surface area contributed by atoms with E-state index in [1.165, 1.54) is 19.3 Å². The fourth-order valence-electron chi connectivity index (χ4n) is 4.03. The molecule has 2 atom stereocenters. The Hall–Kier alpha value is -1.34. The zero-order valence-electron chi connectivity index (χ0n) is 16.3. The SMILES string of the molecule is CCCOC(=O)CN[C@H](CC1CCCCC1)C(=O)N1CCC[C@H]1C(N)=O.Cl. The van der Waals surface area contributed by atoms with Crippen LogP contribution in [0.25, 0.3) is 0 Å². The molecule has 1 saturated heterocycles. The molecule has 156 valence electrons. The number of rotatable bonds is 9. The van der Waals surface area contributed by atoms with Crippen molar-refractivity contribution in [2.24, 2.45) is 11.7 Å². The van der Waals surface area contributed by atoms with Crippen LogP contribution in [0.3, 0.4) is 0 Å². The fraction of sp³-hybridized carbons (Fsp3) is 0.842. The number of nitrogens with one attached hydrogen (secondary N) is 1. The van der Waals surface area contributed by atoms with E-state index in [1.807, 2.05) is 6.92 Å². The van der Waals surface area contributed by atoms with E-state index in [4.69, 9.17) is 10.5 Å². The Labute approximate surface area is 168 Å². The summed E-state index contributed by atoms with van der Waals surface area (Å²) in [4.78, 5) is 38.1. The van der Waals surface area contributed by atoms with Crippen LogP contribution in [0.5, 0.6) is 0 Å². The van der Waals surface area contributed by atoms with Gasteiger partial charge in [-0.15, -0.1) is 12.4 Å². The second-order valence-corrected chi connectivity index (χ2v) is 7.49. The Bertz CT molecular complexity index is 497. The first-order chi connectivity index (χ1) is 12.5. The molecule has 1 aliphatic carbocycles. The monoisotopic (exact) mass is 403 g/mol. The first-order valence-corrected chi connectivity index (χ1v) is 10.0. The van der Waals surface area contributed by atoms with Gasteiger partial charge >= 0.3 is 5.97 Å². The van der Waals surface area contributed by atoms with Crippen LogP contribution in [0.4, 0.5) is 0 Å². The zero-order chi connectivity index (χ0) is 18.9. The molecule has 2 aliphatic rings. The number of halogens is 1. The molecule has 1 saturated carbocycles. The summed E-state index contributed by atoms with van der Waals surface area (Å²) in [5.41, 5.74) is 5.46. The molecule has 2 fully saturated rings. The Balaban J connectivity index is 0.00000364. The van der Waals surface area contributed by atoms with Crippen LogP contribution >= 0.6 is 12.4 Å². The van der Waals surface area contributed by atoms with Gasteiger partial charge in [-0.3, -0.25) is 19.7 Å². The van der Waals surface area contributed by atoms with Crippen LogP contribution in [0.1, 0.15) is 64.7 Å². The highest BCUT2D eigenvalue weighted by molar-refractivity contribution is 5.90. The molecule has 0 aromatic carbocycles. The fourth-order valence-corrected chi connectivity index (χ4v) is 4.03. The molecule has 0 spiro atoms. The number of primary amides is 1. The third kappa shape index (κ3) is 7.30. The van der Waals surface area contributed by atoms with Gasteiger partial charge in [0, 0.05) is 6.54 Å². The predicted octanol–water partition coefficient (Wildman–Crippen LogP) is 1.77. The summed E-state index contributed by atoms with van der Waals surface area (Å²) in [5, 5.41) is 3.09. The third-order valence-corrected chi connectivity index (χ3v) is 5.42. The summed E-state index contributed by atoms with van der Waals surface area (Å²) in [6.45, 7) is 2.89. The predicted molar refractivity (Wildman–Crippen MR) is 105 cm³/mol. The molecular weight excluding hydrogens is 370 g/mol. The Morgan fingerprint density at radius 1 is 1.15 bits per heavy atom. The second-order valence-electron chi connectivity index (χ2n) is 7.49. The number of esters is 1. The number of carbonyl (C=O) groups is 3. The van der Waals surface area contributed by atoms with E-state index >= 15 is 0 Å². The molecule has 0 bridgehead atoms. The van der Waals surface area contributed by atoms with Crippen molar-refractivity contribution in [1.29, 1.82) is 0 Å². The normalized spacial score (nSPS) is 21.4. The van der Waals surface area contributed by atoms with E-state index in [1.54, 1.807) is 4.90 Å². The van der Waals surface area contributed by atoms with Gasteiger partial charge in [0.25, 0.3) is 0 Å². The van der Waals surface area contributed by atoms with E-state index in [0.29, 0.717) is 31.9 Å². The van der Waals surface area contributed by atoms with Crippen LogP contribution in [-0.2, 0) is 19.1 Å². The maximum absolute atomic E-state index is 13.1. The van der Waals surface area contributed by atoms with E-state index in [9.17, 15) is 14.4 Å². The van der Waals surface area contributed by atoms with Gasteiger partial charge in [-0.25, -0.2) is 0 Å². The minimum atomic E-state index is -0.523. The first-order valence-electron chi connectivity index (χ1n) is 10.0. The van der Waals surface area contributed by atoms with Gasteiger partial charge in [0.15, 0.2) is 0 Å². The lowest BCUT2D eigenvalue weighted by Gasteiger charge is -2.31. The summed E-state index contributed by atoms with van der Waals surface area (Å²) in [7, 11) is 0. The minimum Gasteiger partial charge on any atom is -0.465 e. The number of nitrogens with two attached hydrogens (primary N) is 1. The van der Waals surface area contributed by atoms with Crippen LogP contribution in [0.2, 0.25) is 0 Å². The van der Waals surface area contributed by atoms with E-state index < -0.39 is 18.0 Å². The van der Waals surface area contributed by atoms with Crippen LogP contribution in [0, 0.1) is 5.92 Å². The first kappa shape index (κ1) is 23.7. The van der Waals surface area contributed by atoms with Crippen molar-refractivity contribution in [2.75, 3.05) is 19.7 Å². The van der Waals surface area contributed by atoms with E-state index in [-0.39, 0.29) is 30.8 Å². The van der Waals surface area contributed by atoms with Crippen LogP contribution in [0.15, 0.2) is 0 Å². The summed E-state index contributed by atoms with van der Waals surface area (Å²) in [6.07, 6.45) is 8.74. The Kier molecular flexibility index (Phi) is 10.7.